The Balaban J connectivity index is 0.000000219. The fraction of sp³-hybridized carbons (Fsp3) is 0.125. The van der Waals surface area contributed by atoms with Gasteiger partial charge in [-0.2, -0.15) is 0 Å². The van der Waals surface area contributed by atoms with Gasteiger partial charge in [0.1, 0.15) is 11.5 Å². The lowest BCUT2D eigenvalue weighted by Gasteiger charge is -1.96. The molecule has 0 atom stereocenters. The number of aromatic hydroxyl groups is 1. The molecular formula is C16H16N2O4S2. The molecule has 0 fully saturated rings. The van der Waals surface area contributed by atoms with Crippen LogP contribution in [0.15, 0.2) is 45.4 Å². The molecule has 0 unspecified atom stereocenters. The van der Waals surface area contributed by atoms with Crippen LogP contribution < -0.4 is 16.0 Å². The molecule has 0 spiro atoms. The lowest BCUT2D eigenvalue weighted by atomic mass is 10.2. The molecule has 126 valence electrons. The summed E-state index contributed by atoms with van der Waals surface area (Å²) in [7, 11) is 1.66. The van der Waals surface area contributed by atoms with Crippen LogP contribution in [0.4, 0.5) is 0 Å². The van der Waals surface area contributed by atoms with E-state index in [9.17, 15) is 14.7 Å². The molecule has 0 saturated heterocycles. The topological polar surface area (TPSA) is 105 Å². The van der Waals surface area contributed by atoms with Crippen molar-refractivity contribution in [3.63, 3.8) is 0 Å². The zero-order valence-corrected chi connectivity index (χ0v) is 14.7. The van der Waals surface area contributed by atoms with Crippen LogP contribution >= 0.6 is 23.1 Å². The molecule has 2 heterocycles. The monoisotopic (exact) mass is 364 g/mol. The van der Waals surface area contributed by atoms with Gasteiger partial charge in [-0.25, -0.2) is 0 Å². The number of carbonyl (C=O) groups is 1. The molecule has 1 amide bonds. The van der Waals surface area contributed by atoms with Gasteiger partial charge in [-0.15, -0.1) is 23.1 Å². The number of aromatic nitrogens is 1. The first kappa shape index (κ1) is 17.9. The van der Waals surface area contributed by atoms with Gasteiger partial charge in [-0.1, -0.05) is 18.2 Å². The van der Waals surface area contributed by atoms with E-state index in [1.165, 1.54) is 23.1 Å². The SMILES string of the molecule is COc1ccccc1.CSc1sc2c(O)cc(=O)[nH]c2c1C(N)=O. The molecule has 0 radical (unpaired) electrons. The molecule has 0 bridgehead atoms. The molecule has 0 aliphatic heterocycles. The number of hydrogen-bond acceptors (Lipinski definition) is 6. The van der Waals surface area contributed by atoms with Crippen LogP contribution in [0, 0.1) is 0 Å². The lowest BCUT2D eigenvalue weighted by molar-refractivity contribution is 0.0999. The summed E-state index contributed by atoms with van der Waals surface area (Å²) in [5, 5.41) is 9.60. The van der Waals surface area contributed by atoms with Crippen LogP contribution in [0.1, 0.15) is 10.4 Å². The third kappa shape index (κ3) is 3.90. The summed E-state index contributed by atoms with van der Waals surface area (Å²) in [6.07, 6.45) is 1.80. The largest absolute Gasteiger partial charge is 0.506 e. The number of amides is 1. The number of fused-ring (bicyclic) bond motifs is 1. The van der Waals surface area contributed by atoms with Crippen molar-refractivity contribution >= 4 is 39.2 Å². The summed E-state index contributed by atoms with van der Waals surface area (Å²) in [6, 6.07) is 10.8. The van der Waals surface area contributed by atoms with Gasteiger partial charge in [0.15, 0.2) is 0 Å². The molecule has 8 heteroatoms. The van der Waals surface area contributed by atoms with Crippen LogP contribution in [-0.2, 0) is 0 Å². The number of aromatic amines is 1. The average molecular weight is 364 g/mol. The highest BCUT2D eigenvalue weighted by Crippen LogP contribution is 2.38. The van der Waals surface area contributed by atoms with E-state index < -0.39 is 11.5 Å². The molecule has 3 aromatic rings. The van der Waals surface area contributed by atoms with E-state index in [4.69, 9.17) is 10.5 Å². The second kappa shape index (κ2) is 7.89. The normalized spacial score (nSPS) is 10.1. The summed E-state index contributed by atoms with van der Waals surface area (Å²) < 4.78 is 6.06. The van der Waals surface area contributed by atoms with Gasteiger partial charge >= 0.3 is 0 Å². The molecule has 0 aliphatic carbocycles. The second-order valence-corrected chi connectivity index (χ2v) is 6.67. The van der Waals surface area contributed by atoms with Crippen LogP contribution in [0.25, 0.3) is 10.2 Å². The minimum absolute atomic E-state index is 0.133. The third-order valence-corrected chi connectivity index (χ3v) is 5.37. The number of thioether (sulfide) groups is 1. The first-order chi connectivity index (χ1) is 11.5. The average Bonchev–Trinajstić information content (AvgIpc) is 2.95. The van der Waals surface area contributed by atoms with Gasteiger partial charge in [0.2, 0.25) is 0 Å². The van der Waals surface area contributed by atoms with Crippen LogP contribution in [0.3, 0.4) is 0 Å². The highest BCUT2D eigenvalue weighted by atomic mass is 32.2. The van der Waals surface area contributed by atoms with Crippen molar-refractivity contribution in [1.29, 1.82) is 0 Å². The van der Waals surface area contributed by atoms with Crippen molar-refractivity contribution < 1.29 is 14.6 Å². The zero-order chi connectivity index (χ0) is 17.7. The number of carbonyl (C=O) groups excluding carboxylic acids is 1. The first-order valence-corrected chi connectivity index (χ1v) is 8.83. The van der Waals surface area contributed by atoms with Crippen LogP contribution in [-0.4, -0.2) is 29.4 Å². The number of pyridine rings is 1. The minimum atomic E-state index is -0.614. The number of H-pyrrole nitrogens is 1. The first-order valence-electron chi connectivity index (χ1n) is 6.79. The standard InChI is InChI=1S/C9H8N2O3S2.C7H8O/c1-15-9-5(8(10)14)6-7(16-9)3(12)2-4(13)11-6;1-8-7-5-3-2-4-6-7/h2H,1H3,(H2,10,14)(H2,11,12,13);2-6H,1H3. The smallest absolute Gasteiger partial charge is 0.252 e. The van der Waals surface area contributed by atoms with Gasteiger partial charge < -0.3 is 20.6 Å². The predicted octanol–water partition coefficient (Wildman–Crippen LogP) is 2.81. The molecule has 1 aromatic carbocycles. The Morgan fingerprint density at radius 1 is 1.33 bits per heavy atom. The Morgan fingerprint density at radius 3 is 2.50 bits per heavy atom. The maximum atomic E-state index is 11.3. The van der Waals surface area contributed by atoms with Crippen molar-refractivity contribution in [1.82, 2.24) is 4.98 Å². The van der Waals surface area contributed by atoms with Gasteiger partial charge in [-0.3, -0.25) is 9.59 Å². The number of ether oxygens (including phenoxy) is 1. The predicted molar refractivity (Wildman–Crippen MR) is 97.4 cm³/mol. The van der Waals surface area contributed by atoms with Gasteiger partial charge in [0.05, 0.1) is 27.1 Å². The van der Waals surface area contributed by atoms with E-state index in [0.29, 0.717) is 14.4 Å². The minimum Gasteiger partial charge on any atom is -0.506 e. The van der Waals surface area contributed by atoms with E-state index in [0.717, 1.165) is 11.8 Å². The van der Waals surface area contributed by atoms with Crippen molar-refractivity contribution in [3.05, 3.63) is 52.3 Å². The highest BCUT2D eigenvalue weighted by molar-refractivity contribution is 8.00. The molecular weight excluding hydrogens is 348 g/mol. The van der Waals surface area contributed by atoms with Crippen LogP contribution in [0.5, 0.6) is 11.5 Å². The van der Waals surface area contributed by atoms with Crippen molar-refractivity contribution in [2.45, 2.75) is 4.21 Å². The summed E-state index contributed by atoms with van der Waals surface area (Å²) in [5.74, 6) is 0.163. The molecule has 2 aromatic heterocycles. The zero-order valence-electron chi connectivity index (χ0n) is 13.0. The van der Waals surface area contributed by atoms with Gasteiger partial charge in [0.25, 0.3) is 11.5 Å². The maximum absolute atomic E-state index is 11.3. The fourth-order valence-corrected chi connectivity index (χ4v) is 3.88. The third-order valence-electron chi connectivity index (χ3n) is 3.04. The number of thiophene rings is 1. The number of nitrogens with two attached hydrogens (primary N) is 1. The van der Waals surface area contributed by atoms with Crippen LogP contribution in [0.2, 0.25) is 0 Å². The number of benzene rings is 1. The Hall–Kier alpha value is -2.45. The highest BCUT2D eigenvalue weighted by Gasteiger charge is 2.19. The summed E-state index contributed by atoms with van der Waals surface area (Å²) in [4.78, 5) is 25.0. The Morgan fingerprint density at radius 2 is 2.00 bits per heavy atom. The second-order valence-electron chi connectivity index (χ2n) is 4.57. The molecule has 24 heavy (non-hydrogen) atoms. The number of para-hydroxylation sites is 1. The lowest BCUT2D eigenvalue weighted by Crippen LogP contribution is -2.13. The fourth-order valence-electron chi connectivity index (χ4n) is 1.98. The Kier molecular flexibility index (Phi) is 5.88. The summed E-state index contributed by atoms with van der Waals surface area (Å²) in [5.41, 5.74) is 5.37. The van der Waals surface area contributed by atoms with E-state index in [1.54, 1.807) is 13.4 Å². The van der Waals surface area contributed by atoms with Crippen molar-refractivity contribution in [2.24, 2.45) is 5.73 Å². The molecule has 3 rings (SSSR count). The quantitative estimate of drug-likeness (QED) is 0.620. The Labute approximate surface area is 146 Å². The Bertz CT molecular complexity index is 904. The van der Waals surface area contributed by atoms with Gasteiger partial charge in [-0.05, 0) is 18.4 Å². The van der Waals surface area contributed by atoms with Crippen molar-refractivity contribution in [2.75, 3.05) is 13.4 Å². The molecule has 0 aliphatic rings. The maximum Gasteiger partial charge on any atom is 0.252 e. The molecule has 4 N–H and O–H groups in total. The number of nitrogens with one attached hydrogen (secondary N) is 1. The van der Waals surface area contributed by atoms with Crippen molar-refractivity contribution in [3.8, 4) is 11.5 Å². The van der Waals surface area contributed by atoms with E-state index in [1.807, 2.05) is 30.3 Å². The number of hydrogen-bond donors (Lipinski definition) is 3. The summed E-state index contributed by atoms with van der Waals surface area (Å²) in [6.45, 7) is 0. The van der Waals surface area contributed by atoms with E-state index in [2.05, 4.69) is 4.98 Å². The number of rotatable bonds is 3. The molecule has 6 nitrogen and oxygen atoms in total. The number of primary amides is 1. The number of methoxy groups -OCH3 is 1. The van der Waals surface area contributed by atoms with E-state index in [-0.39, 0.29) is 11.3 Å². The van der Waals surface area contributed by atoms with Gasteiger partial charge in [0, 0.05) is 6.07 Å². The van der Waals surface area contributed by atoms with E-state index >= 15 is 0 Å². The summed E-state index contributed by atoms with van der Waals surface area (Å²) >= 11 is 2.58. The molecule has 0 saturated carbocycles.